The second-order valence-electron chi connectivity index (χ2n) is 9.15. The van der Waals surface area contributed by atoms with Crippen LogP contribution in [0.5, 0.6) is 0 Å². The van der Waals surface area contributed by atoms with Gasteiger partial charge in [0.2, 0.25) is 11.8 Å². The Morgan fingerprint density at radius 3 is 2.35 bits per heavy atom. The standard InChI is InChI=1S/C21H39N3O2/c1-15(2)12-14-23(8)20(26)18(21(5,6)7)22-19(25)17-11-9-10-13-24(17)16(3)4/h12,16-18H,9-11,13-14H2,1-8H3,(H,22,25). The van der Waals surface area contributed by atoms with Crippen molar-refractivity contribution in [2.24, 2.45) is 5.41 Å². The van der Waals surface area contributed by atoms with E-state index in [0.29, 0.717) is 12.6 Å². The summed E-state index contributed by atoms with van der Waals surface area (Å²) in [6.45, 7) is 15.8. The first-order valence-electron chi connectivity index (χ1n) is 9.89. The molecule has 150 valence electrons. The number of piperidine rings is 1. The van der Waals surface area contributed by atoms with Gasteiger partial charge in [0.05, 0.1) is 6.04 Å². The summed E-state index contributed by atoms with van der Waals surface area (Å²) in [5.41, 5.74) is 0.833. The molecule has 0 radical (unpaired) electrons. The lowest BCUT2D eigenvalue weighted by Gasteiger charge is -2.40. The molecule has 5 heteroatoms. The highest BCUT2D eigenvalue weighted by Gasteiger charge is 2.38. The molecule has 1 N–H and O–H groups in total. The summed E-state index contributed by atoms with van der Waals surface area (Å²) in [7, 11) is 1.80. The second-order valence-corrected chi connectivity index (χ2v) is 9.15. The number of hydrogen-bond donors (Lipinski definition) is 1. The van der Waals surface area contributed by atoms with Crippen molar-refractivity contribution in [2.45, 2.75) is 85.9 Å². The van der Waals surface area contributed by atoms with Crippen LogP contribution in [0.2, 0.25) is 0 Å². The number of likely N-dealkylation sites (tertiary alicyclic amines) is 1. The van der Waals surface area contributed by atoms with Crippen LogP contribution in [0, 0.1) is 5.41 Å². The zero-order valence-electron chi connectivity index (χ0n) is 18.1. The Hall–Kier alpha value is -1.36. The molecule has 1 saturated heterocycles. The van der Waals surface area contributed by atoms with Crippen molar-refractivity contribution in [3.05, 3.63) is 11.6 Å². The third-order valence-corrected chi connectivity index (χ3v) is 5.06. The Bertz CT molecular complexity index is 516. The number of allylic oxidation sites excluding steroid dienone is 1. The van der Waals surface area contributed by atoms with E-state index in [9.17, 15) is 9.59 Å². The quantitative estimate of drug-likeness (QED) is 0.736. The molecule has 0 bridgehead atoms. The molecule has 1 fully saturated rings. The van der Waals surface area contributed by atoms with E-state index in [0.717, 1.165) is 25.8 Å². The predicted molar refractivity (Wildman–Crippen MR) is 108 cm³/mol. The largest absolute Gasteiger partial charge is 0.342 e. The number of carbonyl (C=O) groups is 2. The first kappa shape index (κ1) is 22.7. The average molecular weight is 366 g/mol. The van der Waals surface area contributed by atoms with Crippen LogP contribution in [-0.2, 0) is 9.59 Å². The van der Waals surface area contributed by atoms with E-state index in [-0.39, 0.29) is 23.3 Å². The molecule has 26 heavy (non-hydrogen) atoms. The Labute approximate surface area is 160 Å². The summed E-state index contributed by atoms with van der Waals surface area (Å²) in [5, 5.41) is 3.09. The van der Waals surface area contributed by atoms with Gasteiger partial charge in [-0.2, -0.15) is 0 Å². The summed E-state index contributed by atoms with van der Waals surface area (Å²) < 4.78 is 0. The van der Waals surface area contributed by atoms with Crippen LogP contribution in [0.3, 0.4) is 0 Å². The Morgan fingerprint density at radius 2 is 1.85 bits per heavy atom. The Morgan fingerprint density at radius 1 is 1.23 bits per heavy atom. The van der Waals surface area contributed by atoms with E-state index in [4.69, 9.17) is 0 Å². The van der Waals surface area contributed by atoms with Crippen molar-refractivity contribution < 1.29 is 9.59 Å². The summed E-state index contributed by atoms with van der Waals surface area (Å²) in [6.07, 6.45) is 5.09. The minimum absolute atomic E-state index is 0.0118. The van der Waals surface area contributed by atoms with Crippen LogP contribution < -0.4 is 5.32 Å². The fraction of sp³-hybridized carbons (Fsp3) is 0.810. The van der Waals surface area contributed by atoms with Crippen LogP contribution in [0.25, 0.3) is 0 Å². The van der Waals surface area contributed by atoms with E-state index in [1.807, 2.05) is 40.7 Å². The molecule has 5 nitrogen and oxygen atoms in total. The highest BCUT2D eigenvalue weighted by atomic mass is 16.2. The molecule has 2 unspecified atom stereocenters. The second kappa shape index (κ2) is 9.54. The van der Waals surface area contributed by atoms with Crippen LogP contribution in [0.1, 0.15) is 67.7 Å². The van der Waals surface area contributed by atoms with Gasteiger partial charge in [0.25, 0.3) is 0 Å². The molecule has 1 heterocycles. The minimum Gasteiger partial charge on any atom is -0.342 e. The molecule has 0 aromatic carbocycles. The van der Waals surface area contributed by atoms with Gasteiger partial charge in [-0.1, -0.05) is 38.8 Å². The molecule has 0 aromatic rings. The topological polar surface area (TPSA) is 52.7 Å². The lowest BCUT2D eigenvalue weighted by atomic mass is 9.85. The normalized spacial score (nSPS) is 19.8. The van der Waals surface area contributed by atoms with Crippen LogP contribution in [0.4, 0.5) is 0 Å². The van der Waals surface area contributed by atoms with Crippen LogP contribution >= 0.6 is 0 Å². The number of rotatable bonds is 6. The minimum atomic E-state index is -0.526. The third kappa shape index (κ3) is 6.42. The fourth-order valence-electron chi connectivity index (χ4n) is 3.37. The van der Waals surface area contributed by atoms with Gasteiger partial charge in [-0.25, -0.2) is 0 Å². The van der Waals surface area contributed by atoms with E-state index in [1.54, 1.807) is 11.9 Å². The molecule has 0 aromatic heterocycles. The number of amides is 2. The smallest absolute Gasteiger partial charge is 0.245 e. The van der Waals surface area contributed by atoms with Crippen molar-refractivity contribution in [1.82, 2.24) is 15.1 Å². The lowest BCUT2D eigenvalue weighted by molar-refractivity contribution is -0.140. The summed E-state index contributed by atoms with van der Waals surface area (Å²) in [5.74, 6) is -0.0439. The number of nitrogens with one attached hydrogen (secondary N) is 1. The lowest BCUT2D eigenvalue weighted by Crippen LogP contribution is -2.59. The van der Waals surface area contributed by atoms with E-state index < -0.39 is 6.04 Å². The van der Waals surface area contributed by atoms with Crippen molar-refractivity contribution >= 4 is 11.8 Å². The molecule has 0 saturated carbocycles. The fourth-order valence-corrected chi connectivity index (χ4v) is 3.37. The van der Waals surface area contributed by atoms with Gasteiger partial charge in [0.1, 0.15) is 6.04 Å². The zero-order valence-corrected chi connectivity index (χ0v) is 18.1. The summed E-state index contributed by atoms with van der Waals surface area (Å²) >= 11 is 0. The third-order valence-electron chi connectivity index (χ3n) is 5.06. The summed E-state index contributed by atoms with van der Waals surface area (Å²) in [6, 6.07) is -0.332. The average Bonchev–Trinajstić information content (AvgIpc) is 2.55. The van der Waals surface area contributed by atoms with Gasteiger partial charge in [0.15, 0.2) is 0 Å². The maximum absolute atomic E-state index is 13.0. The predicted octanol–water partition coefficient (Wildman–Crippen LogP) is 3.20. The Kier molecular flexibility index (Phi) is 8.32. The SMILES string of the molecule is CC(C)=CCN(C)C(=O)C(NC(=O)C1CCCCN1C(C)C)C(C)(C)C. The number of nitrogens with zero attached hydrogens (tertiary/aromatic N) is 2. The van der Waals surface area contributed by atoms with E-state index in [1.165, 1.54) is 5.57 Å². The molecule has 1 aliphatic rings. The van der Waals surface area contributed by atoms with Gasteiger partial charge < -0.3 is 10.2 Å². The van der Waals surface area contributed by atoms with Gasteiger partial charge in [-0.05, 0) is 52.5 Å². The molecule has 2 amide bonds. The van der Waals surface area contributed by atoms with Gasteiger partial charge >= 0.3 is 0 Å². The molecule has 1 rings (SSSR count). The van der Waals surface area contributed by atoms with Crippen LogP contribution in [-0.4, -0.2) is 59.9 Å². The van der Waals surface area contributed by atoms with Gasteiger partial charge in [0, 0.05) is 19.6 Å². The molecule has 0 aliphatic carbocycles. The van der Waals surface area contributed by atoms with Gasteiger partial charge in [-0.3, -0.25) is 14.5 Å². The zero-order chi connectivity index (χ0) is 20.1. The monoisotopic (exact) mass is 365 g/mol. The maximum Gasteiger partial charge on any atom is 0.245 e. The van der Waals surface area contributed by atoms with E-state index in [2.05, 4.69) is 24.1 Å². The molecular weight excluding hydrogens is 326 g/mol. The maximum atomic E-state index is 13.0. The first-order valence-corrected chi connectivity index (χ1v) is 9.89. The molecular formula is C21H39N3O2. The van der Waals surface area contributed by atoms with Gasteiger partial charge in [-0.15, -0.1) is 0 Å². The van der Waals surface area contributed by atoms with Crippen molar-refractivity contribution in [3.8, 4) is 0 Å². The van der Waals surface area contributed by atoms with Crippen molar-refractivity contribution in [3.63, 3.8) is 0 Å². The van der Waals surface area contributed by atoms with E-state index >= 15 is 0 Å². The van der Waals surface area contributed by atoms with Crippen molar-refractivity contribution in [2.75, 3.05) is 20.1 Å². The molecule has 2 atom stereocenters. The Balaban J connectivity index is 2.91. The number of hydrogen-bond acceptors (Lipinski definition) is 3. The summed E-state index contributed by atoms with van der Waals surface area (Å²) in [4.78, 5) is 30.0. The molecule has 0 spiro atoms. The molecule has 1 aliphatic heterocycles. The number of carbonyl (C=O) groups excluding carboxylic acids is 2. The highest BCUT2D eigenvalue weighted by Crippen LogP contribution is 2.24. The van der Waals surface area contributed by atoms with Crippen LogP contribution in [0.15, 0.2) is 11.6 Å². The highest BCUT2D eigenvalue weighted by molar-refractivity contribution is 5.90. The first-order chi connectivity index (χ1) is 11.9. The number of likely N-dealkylation sites (N-methyl/N-ethyl adjacent to an activating group) is 1. The van der Waals surface area contributed by atoms with Crippen molar-refractivity contribution in [1.29, 1.82) is 0 Å².